The van der Waals surface area contributed by atoms with Gasteiger partial charge in [-0.3, -0.25) is 0 Å². The molecule has 1 aliphatic heterocycles. The van der Waals surface area contributed by atoms with Crippen molar-refractivity contribution in [2.45, 2.75) is 178 Å². The summed E-state index contributed by atoms with van der Waals surface area (Å²) in [6, 6.07) is 0. The number of aromatic nitrogens is 3. The fraction of sp³-hybridized carbons (Fsp3) is 0.914. The molecule has 6 fully saturated rings. The molecule has 0 N–H and O–H groups in total. The normalized spacial score (nSPS) is 39.2. The average Bonchev–Trinajstić information content (AvgIpc) is 3.23. The zero-order valence-electron chi connectivity index (χ0n) is 26.6. The molecule has 5 atom stereocenters. The molecule has 1 saturated heterocycles. The number of nitrogens with zero attached hydrogens (tertiary/aromatic N) is 3. The second-order valence-corrected chi connectivity index (χ2v) is 16.1. The lowest BCUT2D eigenvalue weighted by Crippen LogP contribution is -2.43. The Morgan fingerprint density at radius 1 is 0.537 bits per heavy atom. The Hall–Kier alpha value is -1.01. The smallest absolute Gasteiger partial charge is 0.403 e. The van der Waals surface area contributed by atoms with Gasteiger partial charge in [-0.2, -0.15) is 0 Å². The lowest BCUT2D eigenvalue weighted by Gasteiger charge is -2.51. The van der Waals surface area contributed by atoms with Crippen molar-refractivity contribution in [1.29, 1.82) is 0 Å². The molecule has 0 amide bonds. The lowest BCUT2D eigenvalue weighted by molar-refractivity contribution is 0.00578. The van der Waals surface area contributed by atoms with Gasteiger partial charge in [0.15, 0.2) is 0 Å². The molecule has 5 unspecified atom stereocenters. The van der Waals surface area contributed by atoms with Gasteiger partial charge in [0.1, 0.15) is 17.5 Å². The van der Waals surface area contributed by atoms with E-state index < -0.39 is 0 Å². The van der Waals surface area contributed by atoms with E-state index in [4.69, 9.17) is 24.3 Å². The summed E-state index contributed by atoms with van der Waals surface area (Å²) in [5, 5.41) is 0. The molecule has 0 spiro atoms. The summed E-state index contributed by atoms with van der Waals surface area (Å²) in [7, 11) is -0.0819. The van der Waals surface area contributed by atoms with Crippen LogP contribution in [0.15, 0.2) is 0 Å². The van der Waals surface area contributed by atoms with E-state index in [2.05, 4.69) is 27.7 Å². The van der Waals surface area contributed by atoms with E-state index in [0.717, 1.165) is 61.0 Å². The van der Waals surface area contributed by atoms with Gasteiger partial charge in [0.2, 0.25) is 0 Å². The molecule has 226 valence electrons. The molecule has 1 aromatic rings. The minimum absolute atomic E-state index is 0.0819. The van der Waals surface area contributed by atoms with Crippen molar-refractivity contribution in [3.63, 3.8) is 0 Å². The summed E-state index contributed by atoms with van der Waals surface area (Å²) < 4.78 is 12.9. The molecule has 0 bridgehead atoms. The fourth-order valence-corrected chi connectivity index (χ4v) is 10.2. The largest absolute Gasteiger partial charge is 0.461 e. The van der Waals surface area contributed by atoms with Crippen LogP contribution in [-0.4, -0.2) is 33.3 Å². The van der Waals surface area contributed by atoms with Gasteiger partial charge < -0.3 is 9.31 Å². The van der Waals surface area contributed by atoms with Crippen molar-refractivity contribution in [2.75, 3.05) is 0 Å². The summed E-state index contributed by atoms with van der Waals surface area (Å²) in [5.41, 5.74) is -0.498. The van der Waals surface area contributed by atoms with Crippen LogP contribution in [0.2, 0.25) is 5.82 Å². The first-order valence-electron chi connectivity index (χ1n) is 17.9. The first kappa shape index (κ1) is 28.7. The number of hydrogen-bond acceptors (Lipinski definition) is 5. The van der Waals surface area contributed by atoms with E-state index in [-0.39, 0.29) is 18.3 Å². The van der Waals surface area contributed by atoms with Crippen LogP contribution >= 0.6 is 0 Å². The third-order valence-electron chi connectivity index (χ3n) is 13.2. The van der Waals surface area contributed by atoms with E-state index in [0.29, 0.717) is 23.6 Å². The van der Waals surface area contributed by atoms with Gasteiger partial charge in [-0.1, -0.05) is 64.2 Å². The highest BCUT2D eigenvalue weighted by atomic mass is 16.7. The van der Waals surface area contributed by atoms with Crippen LogP contribution in [0.5, 0.6) is 0 Å². The van der Waals surface area contributed by atoms with E-state index in [1.165, 1.54) is 95.7 Å². The van der Waals surface area contributed by atoms with Crippen LogP contribution in [0.4, 0.5) is 0 Å². The zero-order valence-corrected chi connectivity index (χ0v) is 26.6. The average molecular weight is 562 g/mol. The predicted molar refractivity (Wildman–Crippen MR) is 165 cm³/mol. The van der Waals surface area contributed by atoms with E-state index in [9.17, 15) is 0 Å². The topological polar surface area (TPSA) is 57.1 Å². The van der Waals surface area contributed by atoms with Crippen LogP contribution in [0.3, 0.4) is 0 Å². The lowest BCUT2D eigenvalue weighted by atomic mass is 9.54. The molecule has 6 aliphatic rings. The van der Waals surface area contributed by atoms with Crippen LogP contribution in [0, 0.1) is 23.7 Å². The monoisotopic (exact) mass is 561 g/mol. The highest BCUT2D eigenvalue weighted by Gasteiger charge is 2.54. The Morgan fingerprint density at radius 3 is 1.71 bits per heavy atom. The third-order valence-corrected chi connectivity index (χ3v) is 13.2. The first-order chi connectivity index (χ1) is 19.8. The van der Waals surface area contributed by atoms with Gasteiger partial charge in [0.05, 0.1) is 11.2 Å². The molecule has 5 nitrogen and oxygen atoms in total. The number of rotatable bonds is 4. The van der Waals surface area contributed by atoms with Gasteiger partial charge in [-0.25, -0.2) is 15.0 Å². The zero-order chi connectivity index (χ0) is 28.2. The van der Waals surface area contributed by atoms with E-state index >= 15 is 0 Å². The molecule has 41 heavy (non-hydrogen) atoms. The summed E-state index contributed by atoms with van der Waals surface area (Å²) in [6.45, 7) is 8.70. The molecular weight excluding hydrogens is 505 g/mol. The van der Waals surface area contributed by atoms with Gasteiger partial charge in [0, 0.05) is 17.8 Å². The van der Waals surface area contributed by atoms with Gasteiger partial charge in [-0.15, -0.1) is 0 Å². The number of fused-ring (bicyclic) bond motifs is 3. The standard InChI is InChI=1S/C35H56BN3O2/c1-34(2)35(3,4)41-36(40-34)26-20-18-24(19-21-26)32-37-31(23-12-6-5-7-13-23)38-33(39-32)30-22-25-14-8-9-15-27(25)28-16-10-11-17-29(28)30/h23-30H,5-22H2,1-4H3. The van der Waals surface area contributed by atoms with Crippen molar-refractivity contribution in [2.24, 2.45) is 23.7 Å². The first-order valence-corrected chi connectivity index (χ1v) is 17.9. The van der Waals surface area contributed by atoms with Crippen LogP contribution in [-0.2, 0) is 9.31 Å². The SMILES string of the molecule is CC1(C)OB(C2CCC(c3nc(C4CCCCC4)nc(C4CC5CCCCC5C5CCCCC45)n3)CC2)OC1(C)C. The van der Waals surface area contributed by atoms with Crippen molar-refractivity contribution in [3.8, 4) is 0 Å². The Bertz CT molecular complexity index is 1050. The highest BCUT2D eigenvalue weighted by Crippen LogP contribution is 2.56. The molecule has 5 saturated carbocycles. The summed E-state index contributed by atoms with van der Waals surface area (Å²) >= 11 is 0. The minimum Gasteiger partial charge on any atom is -0.403 e. The summed E-state index contributed by atoms with van der Waals surface area (Å²) in [4.78, 5) is 16.3. The Labute approximate surface area is 250 Å². The molecule has 0 aromatic carbocycles. The molecule has 7 rings (SSSR count). The molecule has 1 aromatic heterocycles. The van der Waals surface area contributed by atoms with Crippen molar-refractivity contribution < 1.29 is 9.31 Å². The van der Waals surface area contributed by atoms with Crippen molar-refractivity contribution >= 4 is 7.12 Å². The second kappa shape index (κ2) is 11.5. The Balaban J connectivity index is 1.14. The number of hydrogen-bond donors (Lipinski definition) is 0. The maximum atomic E-state index is 6.47. The maximum absolute atomic E-state index is 6.47. The molecular formula is C35H56BN3O2. The molecule has 0 radical (unpaired) electrons. The minimum atomic E-state index is -0.249. The van der Waals surface area contributed by atoms with Crippen LogP contribution in [0.25, 0.3) is 0 Å². The molecule has 6 heteroatoms. The quantitative estimate of drug-likeness (QED) is 0.343. The highest BCUT2D eigenvalue weighted by molar-refractivity contribution is 6.47. The molecule has 2 heterocycles. The van der Waals surface area contributed by atoms with Crippen molar-refractivity contribution in [1.82, 2.24) is 15.0 Å². The fourth-order valence-electron chi connectivity index (χ4n) is 10.2. The van der Waals surface area contributed by atoms with Gasteiger partial charge >= 0.3 is 7.12 Å². The van der Waals surface area contributed by atoms with Crippen LogP contribution < -0.4 is 0 Å². The maximum Gasteiger partial charge on any atom is 0.461 e. The predicted octanol–water partition coefficient (Wildman–Crippen LogP) is 9.14. The third kappa shape index (κ3) is 5.56. The Morgan fingerprint density at radius 2 is 1.05 bits per heavy atom. The van der Waals surface area contributed by atoms with Crippen molar-refractivity contribution in [3.05, 3.63) is 17.5 Å². The molecule has 5 aliphatic carbocycles. The summed E-state index contributed by atoms with van der Waals surface area (Å²) in [6.07, 6.45) is 24.0. The summed E-state index contributed by atoms with van der Waals surface area (Å²) in [5.74, 6) is 9.14. The Kier molecular flexibility index (Phi) is 8.06. The van der Waals surface area contributed by atoms with E-state index in [1.54, 1.807) is 0 Å². The van der Waals surface area contributed by atoms with Crippen LogP contribution in [0.1, 0.15) is 178 Å². The van der Waals surface area contributed by atoms with Gasteiger partial charge in [0.25, 0.3) is 0 Å². The van der Waals surface area contributed by atoms with Gasteiger partial charge in [-0.05, 0) is 109 Å². The van der Waals surface area contributed by atoms with E-state index in [1.807, 2.05) is 0 Å². The second-order valence-electron chi connectivity index (χ2n) is 16.1.